The van der Waals surface area contributed by atoms with Crippen molar-refractivity contribution >= 4 is 17.1 Å². The Bertz CT molecular complexity index is 1210. The number of benzene rings is 1. The normalized spacial score (nSPS) is 11.7. The minimum atomic E-state index is -0.533. The van der Waals surface area contributed by atoms with E-state index in [1.807, 2.05) is 24.3 Å². The van der Waals surface area contributed by atoms with Crippen LogP contribution in [0.25, 0.3) is 16.4 Å². The maximum Gasteiger partial charge on any atom is 0.242 e. The molecule has 8 heteroatoms. The molecule has 0 spiro atoms. The number of aryl methyl sites for hydroxylation is 1. The highest BCUT2D eigenvalue weighted by Crippen LogP contribution is 2.44. The Kier molecular flexibility index (Phi) is 4.74. The highest BCUT2D eigenvalue weighted by molar-refractivity contribution is 7.11. The first-order valence-electron chi connectivity index (χ1n) is 9.33. The molecule has 0 aliphatic rings. The van der Waals surface area contributed by atoms with Gasteiger partial charge in [-0.15, -0.1) is 10.2 Å². The van der Waals surface area contributed by atoms with Crippen LogP contribution in [0.2, 0.25) is 0 Å². The van der Waals surface area contributed by atoms with Crippen molar-refractivity contribution in [1.29, 1.82) is 0 Å². The number of hydrogen-bond donors (Lipinski definition) is 2. The fourth-order valence-electron chi connectivity index (χ4n) is 3.29. The lowest BCUT2D eigenvalue weighted by Crippen LogP contribution is -2.10. The van der Waals surface area contributed by atoms with Crippen molar-refractivity contribution in [2.24, 2.45) is 0 Å². The molecule has 30 heavy (non-hydrogen) atoms. The number of aromatic nitrogens is 3. The third-order valence-electron chi connectivity index (χ3n) is 4.88. The van der Waals surface area contributed by atoms with Crippen LogP contribution in [-0.4, -0.2) is 30.8 Å². The molecule has 3 aromatic heterocycles. The molecule has 0 radical (unpaired) electrons. The van der Waals surface area contributed by atoms with Gasteiger partial charge in [0, 0.05) is 0 Å². The standard InChI is InChI=1S/C22H21N3O4S/c1-12-5-10-15(29-12)18(26)16-17(13-6-8-14(9-7-13)22(2,3)4)25(20(28)19(16)27)21-24-23-11-30-21/h5-11,27-28H,1-4H3. The molecule has 7 nitrogen and oxygen atoms in total. The van der Waals surface area contributed by atoms with Crippen LogP contribution < -0.4 is 0 Å². The minimum absolute atomic E-state index is 0.0472. The molecule has 4 aromatic rings. The molecule has 0 fully saturated rings. The summed E-state index contributed by atoms with van der Waals surface area (Å²) in [5.41, 5.74) is 3.48. The summed E-state index contributed by atoms with van der Waals surface area (Å²) in [5, 5.41) is 29.5. The lowest BCUT2D eigenvalue weighted by Gasteiger charge is -2.19. The molecular weight excluding hydrogens is 402 g/mol. The predicted molar refractivity (Wildman–Crippen MR) is 114 cm³/mol. The van der Waals surface area contributed by atoms with Crippen LogP contribution in [0, 0.1) is 6.92 Å². The molecule has 0 unspecified atom stereocenters. The number of aromatic hydroxyl groups is 2. The van der Waals surface area contributed by atoms with Crippen LogP contribution in [0.15, 0.2) is 46.3 Å². The lowest BCUT2D eigenvalue weighted by atomic mass is 9.86. The topological polar surface area (TPSA) is 101 Å². The van der Waals surface area contributed by atoms with Crippen molar-refractivity contribution in [3.63, 3.8) is 0 Å². The molecule has 0 atom stereocenters. The van der Waals surface area contributed by atoms with E-state index in [1.54, 1.807) is 19.1 Å². The number of rotatable bonds is 4. The Labute approximate surface area is 177 Å². The van der Waals surface area contributed by atoms with Crippen LogP contribution in [0.3, 0.4) is 0 Å². The summed E-state index contributed by atoms with van der Waals surface area (Å²) < 4.78 is 6.81. The fraction of sp³-hybridized carbons (Fsp3) is 0.227. The van der Waals surface area contributed by atoms with Crippen molar-refractivity contribution in [1.82, 2.24) is 14.8 Å². The van der Waals surface area contributed by atoms with Crippen LogP contribution >= 0.6 is 11.3 Å². The van der Waals surface area contributed by atoms with Gasteiger partial charge in [-0.25, -0.2) is 0 Å². The van der Waals surface area contributed by atoms with E-state index in [2.05, 4.69) is 31.0 Å². The smallest absolute Gasteiger partial charge is 0.242 e. The summed E-state index contributed by atoms with van der Waals surface area (Å²) in [6.45, 7) is 8.06. The van der Waals surface area contributed by atoms with Gasteiger partial charge >= 0.3 is 0 Å². The lowest BCUT2D eigenvalue weighted by molar-refractivity contribution is 0.101. The first-order valence-corrected chi connectivity index (χ1v) is 10.2. The molecule has 0 amide bonds. The third kappa shape index (κ3) is 3.29. The minimum Gasteiger partial charge on any atom is -0.503 e. The average molecular weight is 423 g/mol. The Hall–Kier alpha value is -3.39. The first-order chi connectivity index (χ1) is 14.2. The SMILES string of the molecule is Cc1ccc(C(=O)c2c(O)c(O)n(-c3nncs3)c2-c2ccc(C(C)(C)C)cc2)o1. The molecule has 3 heterocycles. The van der Waals surface area contributed by atoms with Gasteiger partial charge in [0.1, 0.15) is 11.3 Å². The van der Waals surface area contributed by atoms with Crippen molar-refractivity contribution < 1.29 is 19.4 Å². The zero-order valence-corrected chi connectivity index (χ0v) is 17.8. The van der Waals surface area contributed by atoms with E-state index in [4.69, 9.17) is 4.42 Å². The van der Waals surface area contributed by atoms with Crippen molar-refractivity contribution in [3.8, 4) is 28.0 Å². The second-order valence-electron chi connectivity index (χ2n) is 8.02. The van der Waals surface area contributed by atoms with E-state index in [0.29, 0.717) is 22.1 Å². The van der Waals surface area contributed by atoms with Crippen LogP contribution in [0.5, 0.6) is 11.6 Å². The Morgan fingerprint density at radius 3 is 2.33 bits per heavy atom. The highest BCUT2D eigenvalue weighted by Gasteiger charge is 2.32. The van der Waals surface area contributed by atoms with Crippen LogP contribution in [-0.2, 0) is 5.41 Å². The van der Waals surface area contributed by atoms with Crippen molar-refractivity contribution in [2.75, 3.05) is 0 Å². The second kappa shape index (κ2) is 7.14. The summed E-state index contributed by atoms with van der Waals surface area (Å²) >= 11 is 1.18. The maximum atomic E-state index is 13.2. The molecule has 1 aromatic carbocycles. The first kappa shape index (κ1) is 19.9. The van der Waals surface area contributed by atoms with Gasteiger partial charge in [-0.05, 0) is 35.6 Å². The summed E-state index contributed by atoms with van der Waals surface area (Å²) in [6.07, 6.45) is 0. The van der Waals surface area contributed by atoms with Gasteiger partial charge in [0.2, 0.25) is 16.8 Å². The summed E-state index contributed by atoms with van der Waals surface area (Å²) in [4.78, 5) is 13.2. The van der Waals surface area contributed by atoms with E-state index < -0.39 is 17.4 Å². The number of hydrogen-bond acceptors (Lipinski definition) is 7. The summed E-state index contributed by atoms with van der Waals surface area (Å²) in [6, 6.07) is 10.9. The van der Waals surface area contributed by atoms with Gasteiger partial charge in [0.25, 0.3) is 0 Å². The van der Waals surface area contributed by atoms with Gasteiger partial charge < -0.3 is 14.6 Å². The van der Waals surface area contributed by atoms with Gasteiger partial charge in [-0.2, -0.15) is 0 Å². The van der Waals surface area contributed by atoms with Crippen molar-refractivity contribution in [3.05, 3.63) is 64.6 Å². The predicted octanol–water partition coefficient (Wildman–Crippen LogP) is 4.84. The molecule has 154 valence electrons. The quantitative estimate of drug-likeness (QED) is 0.456. The summed E-state index contributed by atoms with van der Waals surface area (Å²) in [7, 11) is 0. The Morgan fingerprint density at radius 1 is 1.10 bits per heavy atom. The largest absolute Gasteiger partial charge is 0.503 e. The van der Waals surface area contributed by atoms with E-state index in [-0.39, 0.29) is 16.7 Å². The second-order valence-corrected chi connectivity index (χ2v) is 8.83. The Balaban J connectivity index is 1.97. The molecule has 0 aliphatic carbocycles. The van der Waals surface area contributed by atoms with E-state index in [1.165, 1.54) is 21.4 Å². The number of nitrogens with zero attached hydrogens (tertiary/aromatic N) is 3. The summed E-state index contributed by atoms with van der Waals surface area (Å²) in [5.74, 6) is -0.895. The maximum absolute atomic E-state index is 13.2. The molecule has 4 rings (SSSR count). The zero-order chi connectivity index (χ0) is 21.6. The molecule has 0 saturated heterocycles. The number of carbonyl (C=O) groups excluding carboxylic acids is 1. The van der Waals surface area contributed by atoms with Crippen molar-refractivity contribution in [2.45, 2.75) is 33.1 Å². The van der Waals surface area contributed by atoms with Gasteiger partial charge in [-0.3, -0.25) is 9.36 Å². The van der Waals surface area contributed by atoms with Gasteiger partial charge in [-0.1, -0.05) is 56.4 Å². The number of furan rings is 1. The molecule has 0 aliphatic heterocycles. The van der Waals surface area contributed by atoms with Gasteiger partial charge in [0.15, 0.2) is 11.5 Å². The van der Waals surface area contributed by atoms with E-state index in [0.717, 1.165) is 5.56 Å². The third-order valence-corrected chi connectivity index (χ3v) is 5.55. The Morgan fingerprint density at radius 2 is 1.80 bits per heavy atom. The van der Waals surface area contributed by atoms with Gasteiger partial charge in [0.05, 0.1) is 11.3 Å². The molecular formula is C22H21N3O4S. The van der Waals surface area contributed by atoms with Crippen LogP contribution in [0.1, 0.15) is 48.2 Å². The monoisotopic (exact) mass is 423 g/mol. The average Bonchev–Trinajstić information content (AvgIpc) is 3.42. The van der Waals surface area contributed by atoms with Crippen LogP contribution in [0.4, 0.5) is 0 Å². The molecule has 0 saturated carbocycles. The number of carbonyl (C=O) groups is 1. The molecule has 0 bridgehead atoms. The number of ketones is 1. The van der Waals surface area contributed by atoms with E-state index in [9.17, 15) is 15.0 Å². The molecule has 2 N–H and O–H groups in total. The highest BCUT2D eigenvalue weighted by atomic mass is 32.1. The van der Waals surface area contributed by atoms with E-state index >= 15 is 0 Å². The fourth-order valence-corrected chi connectivity index (χ4v) is 3.86. The zero-order valence-electron chi connectivity index (χ0n) is 17.0.